The van der Waals surface area contributed by atoms with Crippen molar-refractivity contribution in [1.29, 1.82) is 0 Å². The molecule has 1 heterocycles. The van der Waals surface area contributed by atoms with Crippen LogP contribution in [0.5, 0.6) is 0 Å². The fraction of sp³-hybridized carbons (Fsp3) is 0.714. The molecule has 0 aliphatic carbocycles. The van der Waals surface area contributed by atoms with Crippen LogP contribution in [0.25, 0.3) is 0 Å². The molecule has 1 aliphatic rings. The van der Waals surface area contributed by atoms with Gasteiger partial charge in [-0.25, -0.2) is 0 Å². The molecule has 2 atom stereocenters. The Morgan fingerprint density at radius 3 is 2.55 bits per heavy atom. The molecule has 2 amide bonds. The average Bonchev–Trinajstić information content (AvgIpc) is 2.94. The quantitative estimate of drug-likeness (QED) is 0.353. The van der Waals surface area contributed by atoms with Gasteiger partial charge in [0.05, 0.1) is 12.0 Å². The van der Waals surface area contributed by atoms with Crippen molar-refractivity contribution in [3.63, 3.8) is 0 Å². The van der Waals surface area contributed by atoms with E-state index >= 15 is 0 Å². The van der Waals surface area contributed by atoms with Gasteiger partial charge in [-0.1, -0.05) is 13.8 Å². The molecule has 0 bridgehead atoms. The van der Waals surface area contributed by atoms with Gasteiger partial charge in [-0.15, -0.1) is 0 Å². The summed E-state index contributed by atoms with van der Waals surface area (Å²) in [5.41, 5.74) is 0. The lowest BCUT2D eigenvalue weighted by Gasteiger charge is -2.18. The van der Waals surface area contributed by atoms with Crippen molar-refractivity contribution in [3.8, 4) is 0 Å². The van der Waals surface area contributed by atoms with Crippen molar-refractivity contribution in [1.82, 2.24) is 10.6 Å². The molecule has 1 aliphatic heterocycles. The summed E-state index contributed by atoms with van der Waals surface area (Å²) < 4.78 is 5.37. The zero-order chi connectivity index (χ0) is 16.5. The van der Waals surface area contributed by atoms with Gasteiger partial charge in [-0.3, -0.25) is 9.59 Å². The summed E-state index contributed by atoms with van der Waals surface area (Å²) in [4.78, 5) is 23.2. The minimum Gasteiger partial charge on any atom is -0.426 e. The Balaban J connectivity index is 2.33. The number of hydrogen-bond acceptors (Lipinski definition) is 5. The lowest BCUT2D eigenvalue weighted by atomic mass is 9.75. The van der Waals surface area contributed by atoms with Gasteiger partial charge in [0.15, 0.2) is 0 Å². The molecule has 1 rings (SSSR count). The van der Waals surface area contributed by atoms with Crippen LogP contribution < -0.4 is 10.6 Å². The van der Waals surface area contributed by atoms with Gasteiger partial charge in [0.1, 0.15) is 0 Å². The summed E-state index contributed by atoms with van der Waals surface area (Å²) in [5.74, 6) is -1.47. The highest BCUT2D eigenvalue weighted by Gasteiger charge is 2.25. The summed E-state index contributed by atoms with van der Waals surface area (Å²) in [7, 11) is -1.63. The van der Waals surface area contributed by atoms with Crippen LogP contribution in [0, 0.1) is 5.92 Å². The van der Waals surface area contributed by atoms with E-state index in [1.807, 2.05) is 13.8 Å². The third-order valence-corrected chi connectivity index (χ3v) is 3.33. The van der Waals surface area contributed by atoms with E-state index in [9.17, 15) is 19.6 Å². The van der Waals surface area contributed by atoms with Gasteiger partial charge in [-0.2, -0.15) is 0 Å². The van der Waals surface area contributed by atoms with E-state index in [0.717, 1.165) is 31.6 Å². The zero-order valence-electron chi connectivity index (χ0n) is 13.1. The van der Waals surface area contributed by atoms with Crippen LogP contribution in [-0.2, 0) is 14.3 Å². The van der Waals surface area contributed by atoms with Crippen LogP contribution in [0.15, 0.2) is 12.2 Å². The predicted octanol–water partition coefficient (Wildman–Crippen LogP) is -0.619. The third-order valence-electron chi connectivity index (χ3n) is 3.33. The normalized spacial score (nSPS) is 19.4. The van der Waals surface area contributed by atoms with Crippen molar-refractivity contribution in [2.24, 2.45) is 5.92 Å². The minimum absolute atomic E-state index is 0.0473. The van der Waals surface area contributed by atoms with Crippen molar-refractivity contribution in [2.75, 3.05) is 13.2 Å². The van der Waals surface area contributed by atoms with Crippen molar-refractivity contribution >= 4 is 18.9 Å². The number of hydrogen-bond donors (Lipinski definition) is 4. The van der Waals surface area contributed by atoms with Crippen LogP contribution in [0.4, 0.5) is 0 Å². The molecule has 0 saturated carbocycles. The maximum Gasteiger partial charge on any atom is 0.475 e. The first-order valence-corrected chi connectivity index (χ1v) is 7.62. The van der Waals surface area contributed by atoms with E-state index in [1.54, 1.807) is 0 Å². The van der Waals surface area contributed by atoms with Gasteiger partial charge >= 0.3 is 7.12 Å². The Bertz CT molecular complexity index is 395. The third kappa shape index (κ3) is 7.58. The molecular formula is C14H25BN2O5. The first-order valence-electron chi connectivity index (χ1n) is 7.62. The molecule has 7 nitrogen and oxygen atoms in total. The van der Waals surface area contributed by atoms with Crippen molar-refractivity contribution in [2.45, 2.75) is 45.2 Å². The molecule has 22 heavy (non-hydrogen) atoms. The van der Waals surface area contributed by atoms with E-state index in [-0.39, 0.29) is 17.9 Å². The molecule has 0 aromatic heterocycles. The lowest BCUT2D eigenvalue weighted by molar-refractivity contribution is -0.119. The molecule has 0 aromatic carbocycles. The molecule has 0 aromatic rings. The van der Waals surface area contributed by atoms with E-state index < -0.39 is 19.0 Å². The molecule has 1 fully saturated rings. The lowest BCUT2D eigenvalue weighted by Crippen LogP contribution is -2.46. The van der Waals surface area contributed by atoms with E-state index in [0.29, 0.717) is 13.0 Å². The number of ether oxygens (including phenoxy) is 1. The van der Waals surface area contributed by atoms with Crippen LogP contribution in [0.3, 0.4) is 0 Å². The number of amides is 2. The molecule has 0 spiro atoms. The molecule has 4 N–H and O–H groups in total. The highest BCUT2D eigenvalue weighted by molar-refractivity contribution is 6.43. The summed E-state index contributed by atoms with van der Waals surface area (Å²) in [6.07, 6.45) is 4.62. The first-order chi connectivity index (χ1) is 10.4. The molecule has 2 unspecified atom stereocenters. The standard InChI is InChI=1S/C14H25BN2O5/c1-10(2)8-12(15(20)21)17-14(19)6-5-13(18)16-9-11-4-3-7-22-11/h5-6,10-12,20-21H,3-4,7-9H2,1-2H3,(H,16,18)(H,17,19)/b6-5+. The Labute approximate surface area is 131 Å². The Morgan fingerprint density at radius 1 is 1.32 bits per heavy atom. The maximum atomic E-state index is 11.7. The molecule has 0 radical (unpaired) electrons. The SMILES string of the molecule is CC(C)CC(NC(=O)/C=C/C(=O)NCC1CCCO1)B(O)O. The first kappa shape index (κ1) is 18.7. The Hall–Kier alpha value is -1.38. The smallest absolute Gasteiger partial charge is 0.426 e. The maximum absolute atomic E-state index is 11.7. The number of rotatable bonds is 8. The fourth-order valence-electron chi connectivity index (χ4n) is 2.22. The summed E-state index contributed by atoms with van der Waals surface area (Å²) in [5, 5.41) is 23.6. The number of nitrogens with one attached hydrogen (secondary N) is 2. The summed E-state index contributed by atoms with van der Waals surface area (Å²) >= 11 is 0. The minimum atomic E-state index is -1.63. The Morgan fingerprint density at radius 2 is 2.00 bits per heavy atom. The van der Waals surface area contributed by atoms with Gasteiger partial charge in [0.2, 0.25) is 11.8 Å². The second-order valence-corrected chi connectivity index (χ2v) is 5.87. The largest absolute Gasteiger partial charge is 0.475 e. The van der Waals surface area contributed by atoms with Gasteiger partial charge < -0.3 is 25.4 Å². The van der Waals surface area contributed by atoms with Crippen LogP contribution in [0.2, 0.25) is 0 Å². The summed E-state index contributed by atoms with van der Waals surface area (Å²) in [6.45, 7) is 4.97. The second-order valence-electron chi connectivity index (χ2n) is 5.87. The van der Waals surface area contributed by atoms with Crippen molar-refractivity contribution < 1.29 is 24.4 Å². The summed E-state index contributed by atoms with van der Waals surface area (Å²) in [6, 6.07) is 0. The monoisotopic (exact) mass is 312 g/mol. The molecule has 8 heteroatoms. The fourth-order valence-corrected chi connectivity index (χ4v) is 2.22. The topological polar surface area (TPSA) is 108 Å². The number of carbonyl (C=O) groups is 2. The van der Waals surface area contributed by atoms with Crippen LogP contribution >= 0.6 is 0 Å². The molecule has 1 saturated heterocycles. The van der Waals surface area contributed by atoms with Crippen molar-refractivity contribution in [3.05, 3.63) is 12.2 Å². The van der Waals surface area contributed by atoms with E-state index in [4.69, 9.17) is 4.74 Å². The zero-order valence-corrected chi connectivity index (χ0v) is 13.1. The number of carbonyl (C=O) groups excluding carboxylic acids is 2. The van der Waals surface area contributed by atoms with Gasteiger partial charge in [-0.05, 0) is 25.2 Å². The van der Waals surface area contributed by atoms with Crippen LogP contribution in [-0.4, -0.2) is 54.2 Å². The van der Waals surface area contributed by atoms with Crippen LogP contribution in [0.1, 0.15) is 33.1 Å². The average molecular weight is 312 g/mol. The molecule has 124 valence electrons. The van der Waals surface area contributed by atoms with Gasteiger partial charge in [0.25, 0.3) is 0 Å². The van der Waals surface area contributed by atoms with E-state index in [2.05, 4.69) is 10.6 Å². The Kier molecular flexibility index (Phi) is 8.15. The highest BCUT2D eigenvalue weighted by Crippen LogP contribution is 2.10. The second kappa shape index (κ2) is 9.60. The van der Waals surface area contributed by atoms with E-state index in [1.165, 1.54) is 0 Å². The van der Waals surface area contributed by atoms with Gasteiger partial charge in [0, 0.05) is 25.3 Å². The molecular weight excluding hydrogens is 287 g/mol. The highest BCUT2D eigenvalue weighted by atomic mass is 16.5. The predicted molar refractivity (Wildman–Crippen MR) is 82.7 cm³/mol.